The third kappa shape index (κ3) is 8.27. The maximum Gasteiger partial charge on any atom is 0.318 e. The fourth-order valence-electron chi connectivity index (χ4n) is 8.36. The van der Waals surface area contributed by atoms with Crippen molar-refractivity contribution in [3.8, 4) is 11.6 Å². The highest BCUT2D eigenvalue weighted by Crippen LogP contribution is 2.47. The number of nitrogens with zero attached hydrogens (tertiary/aromatic N) is 3. The average Bonchev–Trinajstić information content (AvgIpc) is 4.07. The van der Waals surface area contributed by atoms with Crippen molar-refractivity contribution >= 4 is 44.5 Å². The number of carbonyl (C=O) groups is 4. The number of sulfonamides is 1. The summed E-state index contributed by atoms with van der Waals surface area (Å²) in [5.74, 6) is -3.05. The van der Waals surface area contributed by atoms with Crippen LogP contribution in [0, 0.1) is 23.6 Å². The summed E-state index contributed by atoms with van der Waals surface area (Å²) in [4.78, 5) is 64.7. The first-order chi connectivity index (χ1) is 27.2. The van der Waals surface area contributed by atoms with Crippen molar-refractivity contribution in [1.29, 1.82) is 0 Å². The molecule has 7 rings (SSSR count). The van der Waals surface area contributed by atoms with Gasteiger partial charge in [-0.3, -0.25) is 19.1 Å². The van der Waals surface area contributed by atoms with E-state index in [0.717, 1.165) is 6.42 Å². The number of methoxy groups -OCH3 is 1. The van der Waals surface area contributed by atoms with Gasteiger partial charge >= 0.3 is 6.03 Å². The van der Waals surface area contributed by atoms with E-state index in [1.165, 1.54) is 30.3 Å². The van der Waals surface area contributed by atoms with Crippen LogP contribution in [0.25, 0.3) is 10.8 Å². The number of benzene rings is 1. The Morgan fingerprint density at radius 1 is 1.16 bits per heavy atom. The minimum atomic E-state index is -4.02. The van der Waals surface area contributed by atoms with Gasteiger partial charge in [-0.25, -0.2) is 22.6 Å². The van der Waals surface area contributed by atoms with Gasteiger partial charge in [-0.15, -0.1) is 0 Å². The molecule has 2 aromatic rings. The third-order valence-electron chi connectivity index (χ3n) is 12.5. The summed E-state index contributed by atoms with van der Waals surface area (Å²) >= 11 is 0. The normalized spacial score (nSPS) is 30.3. The summed E-state index contributed by atoms with van der Waals surface area (Å²) in [6.45, 7) is 7.03. The fraction of sp³-hybridized carbons (Fsp3) is 0.625. The van der Waals surface area contributed by atoms with E-state index < -0.39 is 74.0 Å². The summed E-state index contributed by atoms with van der Waals surface area (Å²) in [6.07, 6.45) is 8.14. The van der Waals surface area contributed by atoms with Crippen LogP contribution in [0.2, 0.25) is 0 Å². The molecule has 3 aliphatic heterocycles. The van der Waals surface area contributed by atoms with E-state index in [4.69, 9.17) is 14.2 Å². The molecule has 2 saturated carbocycles. The van der Waals surface area contributed by atoms with Gasteiger partial charge in [0.2, 0.25) is 27.7 Å². The Balaban J connectivity index is 1.24. The number of urea groups is 1. The zero-order valence-electron chi connectivity index (χ0n) is 32.9. The number of carbonyl (C=O) groups excluding carboxylic acids is 4. The van der Waals surface area contributed by atoms with Crippen molar-refractivity contribution in [3.05, 3.63) is 42.4 Å². The second-order valence-corrected chi connectivity index (χ2v) is 18.7. The molecule has 310 valence electrons. The second kappa shape index (κ2) is 16.0. The summed E-state index contributed by atoms with van der Waals surface area (Å²) in [5, 5.41) is 6.89. The van der Waals surface area contributed by atoms with E-state index in [1.807, 2.05) is 19.1 Å². The van der Waals surface area contributed by atoms with Crippen LogP contribution in [-0.2, 0) is 29.1 Å². The Hall–Kier alpha value is -4.51. The van der Waals surface area contributed by atoms with E-state index in [9.17, 15) is 27.2 Å². The lowest BCUT2D eigenvalue weighted by atomic mass is 9.85. The number of amides is 5. The lowest BCUT2D eigenvalue weighted by Gasteiger charge is -2.36. The number of hydrogen-bond acceptors (Lipinski definition) is 10. The van der Waals surface area contributed by atoms with Crippen LogP contribution in [-0.4, -0.2) is 115 Å². The van der Waals surface area contributed by atoms with Gasteiger partial charge < -0.3 is 34.6 Å². The highest BCUT2D eigenvalue weighted by atomic mass is 32.2. The van der Waals surface area contributed by atoms with Gasteiger partial charge in [0.05, 0.1) is 31.6 Å². The quantitative estimate of drug-likeness (QED) is 0.334. The van der Waals surface area contributed by atoms with Gasteiger partial charge in [-0.05, 0) is 80.9 Å². The molecule has 17 heteroatoms. The van der Waals surface area contributed by atoms with Crippen molar-refractivity contribution in [1.82, 2.24) is 30.1 Å². The van der Waals surface area contributed by atoms with Crippen molar-refractivity contribution in [2.45, 2.75) is 101 Å². The molecule has 7 atom stereocenters. The Kier molecular flexibility index (Phi) is 11.4. The van der Waals surface area contributed by atoms with Crippen molar-refractivity contribution < 1.29 is 46.2 Å². The van der Waals surface area contributed by atoms with Crippen molar-refractivity contribution in [3.63, 3.8) is 0 Å². The average molecular weight is 813 g/mol. The van der Waals surface area contributed by atoms with Gasteiger partial charge in [-0.1, -0.05) is 32.4 Å². The van der Waals surface area contributed by atoms with Crippen molar-refractivity contribution in [2.24, 2.45) is 17.8 Å². The second-order valence-electron chi connectivity index (χ2n) is 16.5. The van der Waals surface area contributed by atoms with Gasteiger partial charge in [0.25, 0.3) is 5.91 Å². The molecule has 2 saturated heterocycles. The first kappa shape index (κ1) is 40.7. The topological polar surface area (TPSA) is 186 Å². The third-order valence-corrected chi connectivity index (χ3v) is 14.6. The maximum absolute atomic E-state index is 15.0. The molecular weight excluding hydrogens is 760 g/mol. The minimum absolute atomic E-state index is 0.0276. The van der Waals surface area contributed by atoms with Crippen LogP contribution in [0.3, 0.4) is 0 Å². The van der Waals surface area contributed by atoms with Gasteiger partial charge in [-0.2, -0.15) is 0 Å². The Bertz CT molecular complexity index is 2040. The standard InChI is InChI=1S/C40H53FN6O9S/c1-5-25-18-24(2)8-6-7-9-27-22-40(27,37(50)45-57(52,53)39(3)11-12-39)44-34(48)31-20-28(56-35-29-21-30(41)32(54-4)19-26(29)10-13-42-35)23-47(31)36(49)33(25)43-38(51)46-14-16-55-17-15-46/h7,9-10,13,19,21,24-25,27-28,31,33H,5-6,8,11-12,14-18,20,22-23H2,1-4H3,(H,43,51)(H,44,48)(H,45,50)/t24-,25-,27-,28-,31+,33+,40-/m1/s1. The highest BCUT2D eigenvalue weighted by Gasteiger charge is 2.63. The summed E-state index contributed by atoms with van der Waals surface area (Å²) < 4.78 is 59.6. The van der Waals surface area contributed by atoms with Crippen LogP contribution in [0.5, 0.6) is 11.6 Å². The maximum atomic E-state index is 15.0. The number of ether oxygens (including phenoxy) is 3. The molecule has 4 heterocycles. The number of morpholine rings is 1. The van der Waals surface area contributed by atoms with E-state index in [0.29, 0.717) is 69.2 Å². The predicted molar refractivity (Wildman–Crippen MR) is 207 cm³/mol. The zero-order valence-corrected chi connectivity index (χ0v) is 33.7. The van der Waals surface area contributed by atoms with E-state index in [-0.39, 0.29) is 42.9 Å². The summed E-state index contributed by atoms with van der Waals surface area (Å²) in [6, 6.07) is 1.88. The largest absolute Gasteiger partial charge is 0.494 e. The van der Waals surface area contributed by atoms with E-state index in [2.05, 4.69) is 27.3 Å². The molecule has 5 amide bonds. The molecule has 0 radical (unpaired) electrons. The lowest BCUT2D eigenvalue weighted by molar-refractivity contribution is -0.142. The Labute approximate surface area is 332 Å². The van der Waals surface area contributed by atoms with E-state index >= 15 is 4.79 Å². The van der Waals surface area contributed by atoms with Crippen LogP contribution >= 0.6 is 0 Å². The zero-order chi connectivity index (χ0) is 40.7. The number of halogens is 1. The smallest absolute Gasteiger partial charge is 0.318 e. The molecule has 1 aromatic heterocycles. The fourth-order valence-corrected chi connectivity index (χ4v) is 9.67. The number of hydrogen-bond donors (Lipinski definition) is 3. The first-order valence-electron chi connectivity index (χ1n) is 20.0. The molecule has 1 aromatic carbocycles. The molecule has 0 unspecified atom stereocenters. The highest BCUT2D eigenvalue weighted by molar-refractivity contribution is 7.91. The minimum Gasteiger partial charge on any atom is -0.494 e. The molecule has 57 heavy (non-hydrogen) atoms. The first-order valence-corrected chi connectivity index (χ1v) is 21.4. The SMILES string of the molecule is CC[C@@H]1C[C@H](C)CCC=C[C@@H]2C[C@@]2(C(=O)NS(=O)(=O)C2(C)CC2)NC(=O)[C@@H]2C[C@@H](Oc3nccc4cc(OC)c(F)cc34)CN2C(=O)[C@H]1NC(=O)N1CCOCC1. The number of aromatic nitrogens is 1. The van der Waals surface area contributed by atoms with E-state index in [1.54, 1.807) is 17.9 Å². The molecule has 4 fully saturated rings. The van der Waals surface area contributed by atoms with Gasteiger partial charge in [0, 0.05) is 37.0 Å². The molecule has 0 spiro atoms. The summed E-state index contributed by atoms with van der Waals surface area (Å²) in [7, 11) is -2.66. The summed E-state index contributed by atoms with van der Waals surface area (Å²) in [5.41, 5.74) is -1.56. The Morgan fingerprint density at radius 2 is 1.91 bits per heavy atom. The Morgan fingerprint density at radius 3 is 2.61 bits per heavy atom. The van der Waals surface area contributed by atoms with Crippen LogP contribution in [0.1, 0.15) is 72.1 Å². The predicted octanol–water partition coefficient (Wildman–Crippen LogP) is 3.42. The van der Waals surface area contributed by atoms with Crippen molar-refractivity contribution in [2.75, 3.05) is 40.0 Å². The molecule has 3 N–H and O–H groups in total. The molecule has 15 nitrogen and oxygen atoms in total. The number of nitrogens with one attached hydrogen (secondary N) is 3. The molecule has 0 bridgehead atoms. The number of pyridine rings is 1. The molecule has 5 aliphatic rings. The van der Waals surface area contributed by atoms with Crippen LogP contribution in [0.4, 0.5) is 9.18 Å². The monoisotopic (exact) mass is 812 g/mol. The number of fused-ring (bicyclic) bond motifs is 3. The van der Waals surface area contributed by atoms with Gasteiger partial charge in [0.1, 0.15) is 23.7 Å². The van der Waals surface area contributed by atoms with Crippen LogP contribution in [0.15, 0.2) is 36.5 Å². The lowest BCUT2D eigenvalue weighted by Crippen LogP contribution is -2.60. The molecule has 2 aliphatic carbocycles. The van der Waals surface area contributed by atoms with Gasteiger partial charge in [0.15, 0.2) is 11.6 Å². The number of allylic oxidation sites excluding steroid dienone is 1. The number of rotatable bonds is 8. The van der Waals surface area contributed by atoms with Crippen LogP contribution < -0.4 is 24.8 Å². The molecular formula is C40H53FN6O9S.